The van der Waals surface area contributed by atoms with E-state index in [1.54, 1.807) is 16.4 Å². The van der Waals surface area contributed by atoms with Crippen molar-refractivity contribution in [2.45, 2.75) is 56.0 Å². The summed E-state index contributed by atoms with van der Waals surface area (Å²) >= 11 is 0. The number of ether oxygens (including phenoxy) is 2. The molecule has 0 radical (unpaired) electrons. The molecule has 1 atom stereocenters. The summed E-state index contributed by atoms with van der Waals surface area (Å²) in [6, 6.07) is 4.79. The fraction of sp³-hybridized carbons (Fsp3) is 0.478. The van der Waals surface area contributed by atoms with Crippen LogP contribution in [0.15, 0.2) is 34.1 Å². The van der Waals surface area contributed by atoms with Gasteiger partial charge < -0.3 is 24.8 Å². The minimum Gasteiger partial charge on any atom is -0.434 e. The van der Waals surface area contributed by atoms with E-state index >= 15 is 0 Å². The second-order valence-electron chi connectivity index (χ2n) is 8.86. The fourth-order valence-corrected chi connectivity index (χ4v) is 6.25. The smallest absolute Gasteiger partial charge is 0.434 e. The Kier molecular flexibility index (Phi) is 6.09. The number of H-pyrrole nitrogens is 2. The summed E-state index contributed by atoms with van der Waals surface area (Å²) in [4.78, 5) is 30.3. The van der Waals surface area contributed by atoms with Crippen LogP contribution in [0, 0.1) is 0 Å². The molecule has 34 heavy (non-hydrogen) atoms. The van der Waals surface area contributed by atoms with Gasteiger partial charge in [-0.2, -0.15) is 4.31 Å². The normalized spacial score (nSPS) is 18.7. The van der Waals surface area contributed by atoms with Gasteiger partial charge in [-0.25, -0.2) is 13.2 Å². The van der Waals surface area contributed by atoms with E-state index in [0.717, 1.165) is 32.2 Å². The lowest BCUT2D eigenvalue weighted by Gasteiger charge is -2.25. The second kappa shape index (κ2) is 9.05. The Balaban J connectivity index is 1.56. The average molecular weight is 489 g/mol. The molecule has 182 valence electrons. The number of carbonyl (C=O) groups excluding carboxylic acids is 1. The zero-order valence-electron chi connectivity index (χ0n) is 18.9. The molecule has 0 amide bonds. The maximum atomic E-state index is 13.7. The first kappa shape index (κ1) is 22.9. The first-order chi connectivity index (χ1) is 16.4. The Morgan fingerprint density at radius 3 is 2.76 bits per heavy atom. The largest absolute Gasteiger partial charge is 0.513 e. The highest BCUT2D eigenvalue weighted by atomic mass is 32.2. The highest BCUT2D eigenvalue weighted by Crippen LogP contribution is 2.36. The van der Waals surface area contributed by atoms with Crippen LogP contribution < -0.4 is 15.6 Å². The Labute approximate surface area is 196 Å². The Morgan fingerprint density at radius 2 is 2.06 bits per heavy atom. The number of pyridine rings is 1. The van der Waals surface area contributed by atoms with Crippen molar-refractivity contribution in [1.29, 1.82) is 0 Å². The van der Waals surface area contributed by atoms with Gasteiger partial charge in [0.1, 0.15) is 5.52 Å². The molecule has 1 saturated heterocycles. The second-order valence-corrected chi connectivity index (χ2v) is 10.8. The highest BCUT2D eigenvalue weighted by Gasteiger charge is 2.39. The molecule has 0 spiro atoms. The van der Waals surface area contributed by atoms with Gasteiger partial charge >= 0.3 is 6.16 Å². The van der Waals surface area contributed by atoms with Crippen LogP contribution in [0.4, 0.5) is 4.79 Å². The van der Waals surface area contributed by atoms with Gasteiger partial charge in [-0.15, -0.1) is 0 Å². The number of hydrogen-bond donors (Lipinski definition) is 3. The van der Waals surface area contributed by atoms with E-state index in [9.17, 15) is 18.0 Å². The van der Waals surface area contributed by atoms with Crippen molar-refractivity contribution in [1.82, 2.24) is 19.6 Å². The van der Waals surface area contributed by atoms with E-state index in [4.69, 9.17) is 9.47 Å². The number of aromatic nitrogens is 2. The van der Waals surface area contributed by atoms with Crippen molar-refractivity contribution in [2.24, 2.45) is 0 Å². The summed E-state index contributed by atoms with van der Waals surface area (Å²) in [5, 5.41) is 4.18. The van der Waals surface area contributed by atoms with Crippen molar-refractivity contribution in [3.05, 3.63) is 34.7 Å². The van der Waals surface area contributed by atoms with Crippen LogP contribution in [0.1, 0.15) is 39.0 Å². The molecular weight excluding hydrogens is 460 g/mol. The summed E-state index contributed by atoms with van der Waals surface area (Å²) in [5.41, 5.74) is 0.231. The molecule has 11 heteroatoms. The van der Waals surface area contributed by atoms with Gasteiger partial charge in [-0.05, 0) is 56.8 Å². The summed E-state index contributed by atoms with van der Waals surface area (Å²) in [6.07, 6.45) is 4.86. The lowest BCUT2D eigenvalue weighted by molar-refractivity contribution is 0.0997. The number of fused-ring (bicyclic) bond motifs is 3. The van der Waals surface area contributed by atoms with Gasteiger partial charge in [0, 0.05) is 35.7 Å². The topological polar surface area (TPSA) is 134 Å². The van der Waals surface area contributed by atoms with Crippen LogP contribution in [0.2, 0.25) is 0 Å². The monoisotopic (exact) mass is 488 g/mol. The van der Waals surface area contributed by atoms with Gasteiger partial charge in [-0.3, -0.25) is 4.79 Å². The number of carbonyl (C=O) groups is 1. The van der Waals surface area contributed by atoms with E-state index in [0.29, 0.717) is 29.3 Å². The molecule has 0 unspecified atom stereocenters. The van der Waals surface area contributed by atoms with E-state index in [1.165, 1.54) is 12.3 Å². The van der Waals surface area contributed by atoms with Gasteiger partial charge in [-0.1, -0.05) is 6.92 Å². The molecule has 3 aromatic rings. The predicted molar refractivity (Wildman–Crippen MR) is 127 cm³/mol. The van der Waals surface area contributed by atoms with Gasteiger partial charge in [0.15, 0.2) is 5.75 Å². The van der Waals surface area contributed by atoms with Crippen molar-refractivity contribution >= 4 is 38.0 Å². The first-order valence-electron chi connectivity index (χ1n) is 11.7. The highest BCUT2D eigenvalue weighted by molar-refractivity contribution is 7.89. The van der Waals surface area contributed by atoms with E-state index in [-0.39, 0.29) is 34.9 Å². The SMILES string of the molecule is CCCOC(=O)Oc1c[nH]c2c(=O)[nH]c3ccc(S(=O)(=O)N(C[C@@H]4CCCN4)C4CC4)cc3c12. The van der Waals surface area contributed by atoms with Crippen molar-refractivity contribution < 1.29 is 22.7 Å². The number of nitrogens with zero attached hydrogens (tertiary/aromatic N) is 1. The summed E-state index contributed by atoms with van der Waals surface area (Å²) in [5.74, 6) is 0.107. The van der Waals surface area contributed by atoms with Crippen LogP contribution in [0.25, 0.3) is 21.8 Å². The number of hydrogen-bond acceptors (Lipinski definition) is 7. The van der Waals surface area contributed by atoms with E-state index < -0.39 is 21.7 Å². The molecule has 2 fully saturated rings. The molecule has 5 rings (SSSR count). The molecular formula is C23H28N4O6S. The molecule has 3 heterocycles. The first-order valence-corrected chi connectivity index (χ1v) is 13.1. The van der Waals surface area contributed by atoms with Gasteiger partial charge in [0.25, 0.3) is 5.56 Å². The number of rotatable bonds is 8. The molecule has 1 saturated carbocycles. The molecule has 1 aromatic carbocycles. The van der Waals surface area contributed by atoms with Crippen molar-refractivity contribution in [2.75, 3.05) is 19.7 Å². The Hall–Kier alpha value is -2.89. The maximum absolute atomic E-state index is 13.7. The minimum atomic E-state index is -3.77. The summed E-state index contributed by atoms with van der Waals surface area (Å²) < 4.78 is 39.3. The molecule has 2 aliphatic rings. The van der Waals surface area contributed by atoms with Crippen molar-refractivity contribution in [3.63, 3.8) is 0 Å². The molecule has 3 N–H and O–H groups in total. The summed E-state index contributed by atoms with van der Waals surface area (Å²) in [6.45, 7) is 3.41. The van der Waals surface area contributed by atoms with E-state index in [1.807, 2.05) is 6.92 Å². The standard InChI is InChI=1S/C23H28N4O6S/c1-2-10-32-23(29)33-19-12-25-21-20(19)17-11-16(7-8-18(17)26-22(21)28)34(30,31)27(15-5-6-15)13-14-4-3-9-24-14/h7-8,11-12,14-15,24-25H,2-6,9-10,13H2,1H3,(H,26,28)/t14-/m0/s1. The Bertz CT molecular complexity index is 1390. The van der Waals surface area contributed by atoms with Crippen LogP contribution in [-0.2, 0) is 14.8 Å². The van der Waals surface area contributed by atoms with Crippen LogP contribution in [0.3, 0.4) is 0 Å². The van der Waals surface area contributed by atoms with Crippen LogP contribution in [-0.4, -0.2) is 60.6 Å². The third-order valence-corrected chi connectivity index (χ3v) is 8.23. The predicted octanol–water partition coefficient (Wildman–Crippen LogP) is 2.84. The van der Waals surface area contributed by atoms with Crippen LogP contribution >= 0.6 is 0 Å². The number of sulfonamides is 1. The third kappa shape index (κ3) is 4.30. The van der Waals surface area contributed by atoms with E-state index in [2.05, 4.69) is 15.3 Å². The molecule has 1 aliphatic heterocycles. The molecule has 0 bridgehead atoms. The lowest BCUT2D eigenvalue weighted by Crippen LogP contribution is -2.42. The quantitative estimate of drug-likeness (QED) is 0.415. The van der Waals surface area contributed by atoms with Gasteiger partial charge in [0.2, 0.25) is 10.0 Å². The summed E-state index contributed by atoms with van der Waals surface area (Å²) in [7, 11) is -3.77. The fourth-order valence-electron chi connectivity index (χ4n) is 4.49. The number of nitrogens with one attached hydrogen (secondary N) is 3. The average Bonchev–Trinajstić information content (AvgIpc) is 3.34. The molecule has 1 aliphatic carbocycles. The third-order valence-electron chi connectivity index (χ3n) is 6.32. The number of aromatic amines is 2. The van der Waals surface area contributed by atoms with Crippen LogP contribution in [0.5, 0.6) is 5.75 Å². The number of benzene rings is 1. The van der Waals surface area contributed by atoms with Gasteiger partial charge in [0.05, 0.1) is 16.9 Å². The lowest BCUT2D eigenvalue weighted by atomic mass is 10.1. The maximum Gasteiger partial charge on any atom is 0.513 e. The van der Waals surface area contributed by atoms with Crippen molar-refractivity contribution in [3.8, 4) is 5.75 Å². The zero-order valence-corrected chi connectivity index (χ0v) is 19.7. The molecule has 10 nitrogen and oxygen atoms in total. The zero-order chi connectivity index (χ0) is 23.9. The Morgan fingerprint density at radius 1 is 1.24 bits per heavy atom. The molecule has 2 aromatic heterocycles. The minimum absolute atomic E-state index is 0.0122.